The van der Waals surface area contributed by atoms with Crippen LogP contribution in [0, 0.1) is 0 Å². The maximum atomic E-state index is 13.2. The first-order valence-electron chi connectivity index (χ1n) is 13.0. The van der Waals surface area contributed by atoms with Crippen molar-refractivity contribution in [2.45, 2.75) is 44.4 Å². The Labute approximate surface area is 258 Å². The van der Waals surface area contributed by atoms with Gasteiger partial charge in [0.05, 0.1) is 37.9 Å². The lowest BCUT2D eigenvalue weighted by molar-refractivity contribution is 0.0218. The van der Waals surface area contributed by atoms with E-state index in [-0.39, 0.29) is 18.0 Å². The van der Waals surface area contributed by atoms with Crippen molar-refractivity contribution in [1.29, 1.82) is 0 Å². The number of anilines is 4. The fourth-order valence-electron chi connectivity index (χ4n) is 4.68. The molecule has 3 aromatic rings. The van der Waals surface area contributed by atoms with Gasteiger partial charge in [-0.15, -0.1) is 0 Å². The molecule has 2 amide bonds. The van der Waals surface area contributed by atoms with Gasteiger partial charge < -0.3 is 19.9 Å². The van der Waals surface area contributed by atoms with Crippen molar-refractivity contribution in [3.63, 3.8) is 0 Å². The maximum Gasteiger partial charge on any atom is 0.410 e. The molecule has 2 aromatic carbocycles. The predicted molar refractivity (Wildman–Crippen MR) is 165 cm³/mol. The Hall–Kier alpha value is -2.92. The molecular weight excluding hydrogens is 607 g/mol. The third-order valence-electron chi connectivity index (χ3n) is 6.56. The average Bonchev–Trinajstić information content (AvgIpc) is 2.89. The number of carbonyl (C=O) groups is 2. The Morgan fingerprint density at radius 3 is 2.49 bits per heavy atom. The van der Waals surface area contributed by atoms with E-state index in [9.17, 15) is 9.59 Å². The molecule has 0 bridgehead atoms. The summed E-state index contributed by atoms with van der Waals surface area (Å²) in [6.45, 7) is 9.33. The summed E-state index contributed by atoms with van der Waals surface area (Å²) in [5.74, 6) is 0.385. The molecule has 0 aliphatic carbocycles. The van der Waals surface area contributed by atoms with E-state index in [0.717, 1.165) is 5.69 Å². The van der Waals surface area contributed by atoms with Crippen molar-refractivity contribution < 1.29 is 14.3 Å². The van der Waals surface area contributed by atoms with Crippen molar-refractivity contribution >= 4 is 81.6 Å². The van der Waals surface area contributed by atoms with Crippen LogP contribution in [0.3, 0.4) is 0 Å². The number of halogens is 3. The highest BCUT2D eigenvalue weighted by atomic mass is 35.5. The lowest BCUT2D eigenvalue weighted by Crippen LogP contribution is -2.54. The van der Waals surface area contributed by atoms with Crippen LogP contribution < -0.4 is 15.1 Å². The van der Waals surface area contributed by atoms with Gasteiger partial charge in [-0.2, -0.15) is 0 Å². The minimum absolute atomic E-state index is 0.0475. The van der Waals surface area contributed by atoms with Crippen LogP contribution in [-0.4, -0.2) is 64.0 Å². The van der Waals surface area contributed by atoms with E-state index < -0.39 is 5.60 Å². The van der Waals surface area contributed by atoms with Crippen LogP contribution in [-0.2, 0) is 4.74 Å². The number of carbonyl (C=O) groups excluding carboxylic acids is 2. The number of hydrogen-bond acceptors (Lipinski definition) is 8. The molecule has 3 heterocycles. The zero-order valence-electron chi connectivity index (χ0n) is 23.0. The second-order valence-electron chi connectivity index (χ2n) is 10.7. The molecule has 1 N–H and O–H groups in total. The highest BCUT2D eigenvalue weighted by Gasteiger charge is 2.32. The van der Waals surface area contributed by atoms with E-state index in [2.05, 4.69) is 27.1 Å². The molecule has 1 aromatic heterocycles. The zero-order chi connectivity index (χ0) is 29.5. The molecule has 13 heteroatoms. The third-order valence-corrected chi connectivity index (χ3v) is 8.44. The standard InChI is InChI=1S/C28H29Cl3N6O3S/c1-16-14-35(27(39)40-28(2,3)4)10-11-36(16)22-9-8-17(12-21(22)31)33-26-32-13-18-24(34-26)41-15-37(25(18)38)23-19(29)6-5-7-20(23)30/h5-9,12-13,16H,10-11,14-15H2,1-4H3,(H,32,33,34). The lowest BCUT2D eigenvalue weighted by Gasteiger charge is -2.41. The molecule has 216 valence electrons. The van der Waals surface area contributed by atoms with Gasteiger partial charge in [0.2, 0.25) is 5.95 Å². The summed E-state index contributed by atoms with van der Waals surface area (Å²) in [5.41, 5.74) is 1.88. The van der Waals surface area contributed by atoms with Crippen LogP contribution in [0.4, 0.5) is 27.8 Å². The third kappa shape index (κ3) is 6.45. The summed E-state index contributed by atoms with van der Waals surface area (Å²) in [6, 6.07) is 10.8. The normalized spacial score (nSPS) is 17.4. The number of ether oxygens (including phenoxy) is 1. The zero-order valence-corrected chi connectivity index (χ0v) is 26.0. The van der Waals surface area contributed by atoms with Gasteiger partial charge in [-0.05, 0) is 58.0 Å². The fourth-order valence-corrected chi connectivity index (χ4v) is 6.52. The first kappa shape index (κ1) is 29.6. The highest BCUT2D eigenvalue weighted by molar-refractivity contribution is 7.99. The van der Waals surface area contributed by atoms with Crippen molar-refractivity contribution in [2.75, 3.05) is 40.6 Å². The Morgan fingerprint density at radius 1 is 1.10 bits per heavy atom. The molecule has 1 unspecified atom stereocenters. The monoisotopic (exact) mass is 634 g/mol. The van der Waals surface area contributed by atoms with Crippen LogP contribution >= 0.6 is 46.6 Å². The SMILES string of the molecule is CC1CN(C(=O)OC(C)(C)C)CCN1c1ccc(Nc2ncc3c(n2)SCN(c2c(Cl)cccc2Cl)C3=O)cc1Cl. The molecule has 9 nitrogen and oxygen atoms in total. The summed E-state index contributed by atoms with van der Waals surface area (Å²) in [6.07, 6.45) is 1.19. The average molecular weight is 636 g/mol. The van der Waals surface area contributed by atoms with Crippen LogP contribution in [0.2, 0.25) is 15.1 Å². The lowest BCUT2D eigenvalue weighted by atomic mass is 10.1. The Morgan fingerprint density at radius 2 is 1.83 bits per heavy atom. The second-order valence-corrected chi connectivity index (χ2v) is 12.9. The fraction of sp³-hybridized carbons (Fsp3) is 0.357. The molecule has 0 saturated carbocycles. The summed E-state index contributed by atoms with van der Waals surface area (Å²) in [4.78, 5) is 40.1. The van der Waals surface area contributed by atoms with Crippen molar-refractivity contribution in [3.05, 3.63) is 63.2 Å². The van der Waals surface area contributed by atoms with Crippen LogP contribution in [0.15, 0.2) is 47.6 Å². The largest absolute Gasteiger partial charge is 0.444 e. The summed E-state index contributed by atoms with van der Waals surface area (Å²) in [7, 11) is 0. The number of para-hydroxylation sites is 1. The number of nitrogens with zero attached hydrogens (tertiary/aromatic N) is 5. The van der Waals surface area contributed by atoms with Gasteiger partial charge in [0.15, 0.2) is 0 Å². The molecule has 2 aliphatic heterocycles. The molecular formula is C28H29Cl3N6O3S. The van der Waals surface area contributed by atoms with Crippen LogP contribution in [0.1, 0.15) is 38.1 Å². The summed E-state index contributed by atoms with van der Waals surface area (Å²) >= 11 is 20.8. The molecule has 0 spiro atoms. The van der Waals surface area contributed by atoms with E-state index >= 15 is 0 Å². The Bertz CT molecular complexity index is 1480. The smallest absolute Gasteiger partial charge is 0.410 e. The van der Waals surface area contributed by atoms with Crippen molar-refractivity contribution in [3.8, 4) is 0 Å². The first-order chi connectivity index (χ1) is 19.4. The minimum Gasteiger partial charge on any atom is -0.444 e. The van der Waals surface area contributed by atoms with Crippen molar-refractivity contribution in [2.24, 2.45) is 0 Å². The topological polar surface area (TPSA) is 90.9 Å². The number of hydrogen-bond donors (Lipinski definition) is 1. The Kier molecular flexibility index (Phi) is 8.48. The van der Waals surface area contributed by atoms with E-state index in [4.69, 9.17) is 39.5 Å². The number of benzene rings is 2. The summed E-state index contributed by atoms with van der Waals surface area (Å²) < 4.78 is 5.53. The number of thioether (sulfide) groups is 1. The predicted octanol–water partition coefficient (Wildman–Crippen LogP) is 7.34. The second kappa shape index (κ2) is 11.8. The molecule has 1 saturated heterocycles. The molecule has 0 radical (unpaired) electrons. The minimum atomic E-state index is -0.537. The van der Waals surface area contributed by atoms with Crippen LogP contribution in [0.5, 0.6) is 0 Å². The quantitative estimate of drug-likeness (QED) is 0.298. The van der Waals surface area contributed by atoms with Crippen LogP contribution in [0.25, 0.3) is 0 Å². The van der Waals surface area contributed by atoms with E-state index in [0.29, 0.717) is 68.5 Å². The molecule has 2 aliphatic rings. The van der Waals surface area contributed by atoms with E-state index in [1.165, 1.54) is 22.9 Å². The molecule has 1 fully saturated rings. The number of fused-ring (bicyclic) bond motifs is 1. The maximum absolute atomic E-state index is 13.2. The van der Waals surface area contributed by atoms with Gasteiger partial charge in [0.1, 0.15) is 10.6 Å². The van der Waals surface area contributed by atoms with E-state index in [1.807, 2.05) is 39.0 Å². The van der Waals surface area contributed by atoms with Gasteiger partial charge in [0.25, 0.3) is 5.91 Å². The molecule has 5 rings (SSSR count). The van der Waals surface area contributed by atoms with Gasteiger partial charge >= 0.3 is 6.09 Å². The molecule has 1 atom stereocenters. The molecule has 41 heavy (non-hydrogen) atoms. The summed E-state index contributed by atoms with van der Waals surface area (Å²) in [5, 5.41) is 5.09. The highest BCUT2D eigenvalue weighted by Crippen LogP contribution is 2.40. The number of nitrogens with one attached hydrogen (secondary N) is 1. The van der Waals surface area contributed by atoms with Gasteiger partial charge in [-0.1, -0.05) is 52.6 Å². The van der Waals surface area contributed by atoms with Crippen molar-refractivity contribution in [1.82, 2.24) is 14.9 Å². The number of piperazine rings is 1. The van der Waals surface area contributed by atoms with Gasteiger partial charge in [-0.25, -0.2) is 14.8 Å². The first-order valence-corrected chi connectivity index (χ1v) is 15.1. The van der Waals surface area contributed by atoms with Gasteiger partial charge in [-0.3, -0.25) is 9.69 Å². The number of rotatable bonds is 4. The number of aromatic nitrogens is 2. The van der Waals surface area contributed by atoms with E-state index in [1.54, 1.807) is 23.1 Å². The number of amides is 2. The van der Waals surface area contributed by atoms with Gasteiger partial charge in [0, 0.05) is 37.6 Å². The Balaban J connectivity index is 1.26.